The number of methoxy groups -OCH3 is 1. The van der Waals surface area contributed by atoms with Gasteiger partial charge in [0, 0.05) is 22.9 Å². The lowest BCUT2D eigenvalue weighted by Crippen LogP contribution is -2.48. The van der Waals surface area contributed by atoms with E-state index in [1.54, 1.807) is 40.9 Å². The van der Waals surface area contributed by atoms with Crippen molar-refractivity contribution in [3.05, 3.63) is 98.9 Å². The summed E-state index contributed by atoms with van der Waals surface area (Å²) in [5.41, 5.74) is 6.21. The zero-order valence-corrected chi connectivity index (χ0v) is 25.7. The van der Waals surface area contributed by atoms with Crippen LogP contribution >= 0.6 is 34.5 Å². The molecule has 0 radical (unpaired) electrons. The third-order valence-corrected chi connectivity index (χ3v) is 8.00. The van der Waals surface area contributed by atoms with Gasteiger partial charge in [0.2, 0.25) is 5.91 Å². The molecule has 2 heterocycles. The number of urea groups is 1. The Labute approximate surface area is 258 Å². The predicted octanol–water partition coefficient (Wildman–Crippen LogP) is 7.52. The van der Waals surface area contributed by atoms with E-state index in [9.17, 15) is 9.59 Å². The number of rotatable bonds is 11. The minimum Gasteiger partial charge on any atom is -0.495 e. The highest BCUT2D eigenvalue weighted by Crippen LogP contribution is 2.44. The number of benzene rings is 2. The summed E-state index contributed by atoms with van der Waals surface area (Å²) in [6.07, 6.45) is 3.45. The molecule has 42 heavy (non-hydrogen) atoms. The van der Waals surface area contributed by atoms with E-state index in [-0.39, 0.29) is 30.1 Å². The number of allylic oxidation sites excluding steroid dienone is 1. The molecule has 0 aliphatic carbocycles. The highest BCUT2D eigenvalue weighted by atomic mass is 35.5. The molecule has 0 saturated carbocycles. The minimum atomic E-state index is -0.340. The quantitative estimate of drug-likeness (QED) is 0.170. The molecule has 2 aromatic carbocycles. The van der Waals surface area contributed by atoms with Crippen molar-refractivity contribution in [2.75, 3.05) is 29.2 Å². The Balaban J connectivity index is 1.70. The Morgan fingerprint density at radius 1 is 1.24 bits per heavy atom. The summed E-state index contributed by atoms with van der Waals surface area (Å²) in [7, 11) is 1.52. The number of para-hydroxylation sites is 2. The molecule has 3 amide bonds. The highest BCUT2D eigenvalue weighted by Gasteiger charge is 2.35. The number of hydrogen-bond donors (Lipinski definition) is 2. The minimum absolute atomic E-state index is 0.150. The molecule has 218 valence electrons. The fourth-order valence-corrected chi connectivity index (χ4v) is 5.62. The number of nitrogens with zero attached hydrogens (tertiary/aromatic N) is 4. The van der Waals surface area contributed by atoms with E-state index in [0.29, 0.717) is 45.8 Å². The standard InChI is InChI=1S/C30H30Cl2N6O3S/c1-6-20-12-25(41-5)28(32)29(27(20)31)38-14-21(18(3)37(30(38)40)15-22-16-42-17-34-22)13-33-19(4)35-23-10-8-9-11-24(23)36-26(39)7-2/h7-13,16-17,35H,2,4,6,14-15H2,1,3,5H3,(H,36,39). The molecular weight excluding hydrogens is 595 g/mol. The average Bonchev–Trinajstić information content (AvgIpc) is 3.50. The van der Waals surface area contributed by atoms with Crippen LogP contribution in [-0.2, 0) is 17.8 Å². The normalized spacial score (nSPS) is 13.5. The zero-order valence-electron chi connectivity index (χ0n) is 23.4. The van der Waals surface area contributed by atoms with Crippen LogP contribution in [-0.4, -0.2) is 41.7 Å². The number of nitrogens with one attached hydrogen (secondary N) is 2. The van der Waals surface area contributed by atoms with Gasteiger partial charge in [-0.15, -0.1) is 11.3 Å². The summed E-state index contributed by atoms with van der Waals surface area (Å²) < 4.78 is 5.50. The van der Waals surface area contributed by atoms with E-state index in [1.165, 1.54) is 29.4 Å². The smallest absolute Gasteiger partial charge is 0.329 e. The number of aryl methyl sites for hydroxylation is 1. The first-order valence-electron chi connectivity index (χ1n) is 12.9. The number of thiazole rings is 1. The maximum absolute atomic E-state index is 14.0. The summed E-state index contributed by atoms with van der Waals surface area (Å²) in [6.45, 7) is 11.7. The second kappa shape index (κ2) is 13.7. The molecule has 12 heteroatoms. The first-order chi connectivity index (χ1) is 20.2. The lowest BCUT2D eigenvalue weighted by atomic mass is 10.1. The van der Waals surface area contributed by atoms with Crippen molar-refractivity contribution in [1.29, 1.82) is 0 Å². The van der Waals surface area contributed by atoms with Crippen LogP contribution in [0.2, 0.25) is 10.0 Å². The zero-order chi connectivity index (χ0) is 30.4. The van der Waals surface area contributed by atoms with Crippen molar-refractivity contribution >= 4 is 69.8 Å². The van der Waals surface area contributed by atoms with Crippen LogP contribution in [0, 0.1) is 0 Å². The first-order valence-corrected chi connectivity index (χ1v) is 14.6. The fourth-order valence-electron chi connectivity index (χ4n) is 4.31. The van der Waals surface area contributed by atoms with Crippen molar-refractivity contribution in [2.45, 2.75) is 26.8 Å². The molecular formula is C30H30Cl2N6O3S. The molecule has 2 N–H and O–H groups in total. The van der Waals surface area contributed by atoms with Crippen molar-refractivity contribution < 1.29 is 14.3 Å². The Morgan fingerprint density at radius 2 is 1.95 bits per heavy atom. The lowest BCUT2D eigenvalue weighted by molar-refractivity contribution is -0.111. The molecule has 0 fully saturated rings. The van der Waals surface area contributed by atoms with E-state index in [0.717, 1.165) is 16.8 Å². The van der Waals surface area contributed by atoms with E-state index in [2.05, 4.69) is 33.8 Å². The molecule has 0 bridgehead atoms. The van der Waals surface area contributed by atoms with Gasteiger partial charge in [0.1, 0.15) is 16.6 Å². The van der Waals surface area contributed by atoms with Crippen molar-refractivity contribution in [3.8, 4) is 5.75 Å². The molecule has 1 aliphatic heterocycles. The highest BCUT2D eigenvalue weighted by molar-refractivity contribution is 7.07. The number of carbonyl (C=O) groups excluding carboxylic acids is 2. The van der Waals surface area contributed by atoms with Gasteiger partial charge in [0.25, 0.3) is 0 Å². The van der Waals surface area contributed by atoms with Crippen LogP contribution in [0.3, 0.4) is 0 Å². The number of amides is 3. The van der Waals surface area contributed by atoms with Gasteiger partial charge in [-0.2, -0.15) is 0 Å². The van der Waals surface area contributed by atoms with Gasteiger partial charge in [-0.3, -0.25) is 14.6 Å². The molecule has 4 rings (SSSR count). The average molecular weight is 626 g/mol. The monoisotopic (exact) mass is 624 g/mol. The molecule has 0 saturated heterocycles. The molecule has 0 spiro atoms. The number of aromatic nitrogens is 1. The van der Waals surface area contributed by atoms with E-state index >= 15 is 0 Å². The Hall–Kier alpha value is -4.12. The van der Waals surface area contributed by atoms with Gasteiger partial charge in [-0.1, -0.05) is 55.4 Å². The largest absolute Gasteiger partial charge is 0.495 e. The second-order valence-electron chi connectivity index (χ2n) is 9.18. The summed E-state index contributed by atoms with van der Waals surface area (Å²) in [5.74, 6) is 0.399. The van der Waals surface area contributed by atoms with Gasteiger partial charge >= 0.3 is 6.03 Å². The van der Waals surface area contributed by atoms with Crippen LogP contribution in [0.1, 0.15) is 25.1 Å². The molecule has 3 aromatic rings. The SMILES string of the molecule is C=CC(=O)Nc1ccccc1NC(=C)N=CC1=C(C)N(Cc2cscn2)C(=O)N(c2c(Cl)c(CC)cc(OC)c2Cl)C1. The Morgan fingerprint density at radius 3 is 2.57 bits per heavy atom. The van der Waals surface area contributed by atoms with Crippen LogP contribution in [0.4, 0.5) is 21.9 Å². The maximum atomic E-state index is 14.0. The summed E-state index contributed by atoms with van der Waals surface area (Å²) in [4.78, 5) is 37.9. The number of hydrogen-bond acceptors (Lipinski definition) is 7. The van der Waals surface area contributed by atoms with Crippen LogP contribution in [0.15, 0.2) is 82.5 Å². The molecule has 0 unspecified atom stereocenters. The summed E-state index contributed by atoms with van der Waals surface area (Å²) in [5, 5.41) is 8.38. The first kappa shape index (κ1) is 30.8. The molecule has 1 aliphatic rings. The van der Waals surface area contributed by atoms with E-state index in [1.807, 2.05) is 25.3 Å². The fraction of sp³-hybridized carbons (Fsp3) is 0.200. The summed E-state index contributed by atoms with van der Waals surface area (Å²) >= 11 is 15.0. The maximum Gasteiger partial charge on any atom is 0.329 e. The lowest BCUT2D eigenvalue weighted by Gasteiger charge is -2.38. The van der Waals surface area contributed by atoms with Gasteiger partial charge in [0.15, 0.2) is 0 Å². The number of ether oxygens (including phenoxy) is 1. The van der Waals surface area contributed by atoms with Crippen LogP contribution < -0.4 is 20.3 Å². The second-order valence-corrected chi connectivity index (χ2v) is 10.7. The molecule has 9 nitrogen and oxygen atoms in total. The van der Waals surface area contributed by atoms with Crippen molar-refractivity contribution in [1.82, 2.24) is 9.88 Å². The number of anilines is 3. The van der Waals surface area contributed by atoms with Crippen molar-refractivity contribution in [2.24, 2.45) is 4.99 Å². The van der Waals surface area contributed by atoms with Crippen molar-refractivity contribution in [3.63, 3.8) is 0 Å². The van der Waals surface area contributed by atoms with Crippen LogP contribution in [0.25, 0.3) is 0 Å². The topological polar surface area (TPSA) is 99.2 Å². The van der Waals surface area contributed by atoms with Crippen LogP contribution in [0.5, 0.6) is 5.75 Å². The third kappa shape index (κ3) is 6.67. The van der Waals surface area contributed by atoms with Gasteiger partial charge in [-0.25, -0.2) is 14.8 Å². The van der Waals surface area contributed by atoms with E-state index < -0.39 is 0 Å². The third-order valence-electron chi connectivity index (χ3n) is 6.58. The number of halogens is 2. The molecule has 0 atom stereocenters. The van der Waals surface area contributed by atoms with Gasteiger partial charge in [-0.05, 0) is 43.2 Å². The Bertz CT molecular complexity index is 1560. The van der Waals surface area contributed by atoms with Gasteiger partial charge < -0.3 is 15.4 Å². The number of aliphatic imine (C=N–C) groups is 1. The van der Waals surface area contributed by atoms with E-state index in [4.69, 9.17) is 27.9 Å². The molecule has 1 aromatic heterocycles. The number of carbonyl (C=O) groups is 2. The predicted molar refractivity (Wildman–Crippen MR) is 172 cm³/mol. The Kier molecular flexibility index (Phi) is 10.1. The summed E-state index contributed by atoms with van der Waals surface area (Å²) in [6, 6.07) is 8.64. The van der Waals surface area contributed by atoms with Gasteiger partial charge in [0.05, 0.1) is 53.5 Å².